The highest BCUT2D eigenvalue weighted by Crippen LogP contribution is 2.40. The van der Waals surface area contributed by atoms with Crippen LogP contribution in [0.5, 0.6) is 0 Å². The number of hydrogen-bond acceptors (Lipinski definition) is 1. The second kappa shape index (κ2) is 5.28. The van der Waals surface area contributed by atoms with E-state index in [0.29, 0.717) is 10.9 Å². The quantitative estimate of drug-likeness (QED) is 0.570. The zero-order chi connectivity index (χ0) is 14.4. The molecular weight excluding hydrogens is 321 g/mol. The zero-order valence-corrected chi connectivity index (χ0v) is 13.6. The van der Waals surface area contributed by atoms with E-state index in [9.17, 15) is 0 Å². The molecule has 1 unspecified atom stereocenters. The van der Waals surface area contributed by atoms with Crippen molar-refractivity contribution in [1.82, 2.24) is 4.57 Å². The van der Waals surface area contributed by atoms with Gasteiger partial charge in [0.2, 0.25) is 0 Å². The molecule has 0 radical (unpaired) electrons. The third-order valence-electron chi connectivity index (χ3n) is 4.02. The molecule has 1 aliphatic heterocycles. The Labute approximate surface area is 137 Å². The van der Waals surface area contributed by atoms with Crippen LogP contribution in [0.1, 0.15) is 11.5 Å². The van der Waals surface area contributed by atoms with Crippen molar-refractivity contribution in [3.63, 3.8) is 0 Å². The average molecular weight is 334 g/mol. The Hall–Kier alpha value is -1.09. The minimum absolute atomic E-state index is 0.541. The molecular formula is C17H13Cl2NS. The summed E-state index contributed by atoms with van der Waals surface area (Å²) in [5.41, 5.74) is 2.57. The lowest BCUT2D eigenvalue weighted by atomic mass is 10.0. The van der Waals surface area contributed by atoms with Crippen LogP contribution in [0.15, 0.2) is 53.6 Å². The van der Waals surface area contributed by atoms with E-state index >= 15 is 0 Å². The average Bonchev–Trinajstić information content (AvgIpc) is 3.05. The fraction of sp³-hybridized carbons (Fsp3) is 0.176. The van der Waals surface area contributed by atoms with Gasteiger partial charge in [-0.1, -0.05) is 41.4 Å². The van der Waals surface area contributed by atoms with Crippen LogP contribution in [0.3, 0.4) is 0 Å². The summed E-state index contributed by atoms with van der Waals surface area (Å²) in [6.07, 6.45) is 2.11. The van der Waals surface area contributed by atoms with Gasteiger partial charge in [-0.05, 0) is 29.8 Å². The van der Waals surface area contributed by atoms with Crippen LogP contribution in [0.25, 0.3) is 10.9 Å². The molecule has 0 bridgehead atoms. The monoisotopic (exact) mass is 333 g/mol. The van der Waals surface area contributed by atoms with Crippen molar-refractivity contribution in [1.29, 1.82) is 0 Å². The van der Waals surface area contributed by atoms with Crippen molar-refractivity contribution >= 4 is 45.9 Å². The Morgan fingerprint density at radius 2 is 2.00 bits per heavy atom. The van der Waals surface area contributed by atoms with E-state index in [0.717, 1.165) is 28.2 Å². The first-order valence-electron chi connectivity index (χ1n) is 6.88. The molecule has 1 nitrogen and oxygen atoms in total. The van der Waals surface area contributed by atoms with Crippen molar-refractivity contribution in [2.24, 2.45) is 0 Å². The third-order valence-corrected chi connectivity index (χ3v) is 5.80. The number of fused-ring (bicyclic) bond motifs is 2. The van der Waals surface area contributed by atoms with Crippen LogP contribution >= 0.6 is 35.0 Å². The summed E-state index contributed by atoms with van der Waals surface area (Å²) >= 11 is 14.4. The van der Waals surface area contributed by atoms with Crippen LogP contribution < -0.4 is 0 Å². The summed E-state index contributed by atoms with van der Waals surface area (Å²) < 4.78 is 2.26. The lowest BCUT2D eigenvalue weighted by molar-refractivity contribution is 0.623. The first kappa shape index (κ1) is 13.6. The number of aromatic nitrogens is 1. The summed E-state index contributed by atoms with van der Waals surface area (Å²) in [5.74, 6) is 1.67. The number of hydrogen-bond donors (Lipinski definition) is 0. The molecule has 106 valence electrons. The van der Waals surface area contributed by atoms with Gasteiger partial charge in [0, 0.05) is 39.7 Å². The maximum atomic E-state index is 6.27. The highest BCUT2D eigenvalue weighted by molar-refractivity contribution is 7.99. The molecule has 0 saturated carbocycles. The SMILES string of the molecule is Clc1cc(Cl)c2ccn(CC3CSc4ccccc43)c2c1. The second-order valence-corrected chi connectivity index (χ2v) is 7.24. The summed E-state index contributed by atoms with van der Waals surface area (Å²) in [5, 5.41) is 2.48. The maximum absolute atomic E-state index is 6.27. The third kappa shape index (κ3) is 2.36. The topological polar surface area (TPSA) is 4.93 Å². The molecule has 3 aromatic rings. The Balaban J connectivity index is 1.73. The lowest BCUT2D eigenvalue weighted by Gasteiger charge is -2.13. The molecule has 0 aliphatic carbocycles. The maximum Gasteiger partial charge on any atom is 0.0514 e. The van der Waals surface area contributed by atoms with Gasteiger partial charge in [0.15, 0.2) is 0 Å². The van der Waals surface area contributed by atoms with Crippen LogP contribution in [-0.2, 0) is 6.54 Å². The predicted octanol–water partition coefficient (Wildman–Crippen LogP) is 5.84. The normalized spacial score (nSPS) is 17.3. The predicted molar refractivity (Wildman–Crippen MR) is 91.9 cm³/mol. The highest BCUT2D eigenvalue weighted by atomic mass is 35.5. The Bertz CT molecular complexity index is 825. The molecule has 0 N–H and O–H groups in total. The van der Waals surface area contributed by atoms with Gasteiger partial charge < -0.3 is 4.57 Å². The van der Waals surface area contributed by atoms with Crippen LogP contribution in [-0.4, -0.2) is 10.3 Å². The molecule has 1 atom stereocenters. The van der Waals surface area contributed by atoms with E-state index in [1.54, 1.807) is 6.07 Å². The van der Waals surface area contributed by atoms with E-state index < -0.39 is 0 Å². The lowest BCUT2D eigenvalue weighted by Crippen LogP contribution is -2.07. The number of benzene rings is 2. The molecule has 2 heterocycles. The van der Waals surface area contributed by atoms with E-state index in [1.165, 1.54) is 10.5 Å². The van der Waals surface area contributed by atoms with Gasteiger partial charge in [-0.3, -0.25) is 0 Å². The smallest absolute Gasteiger partial charge is 0.0514 e. The van der Waals surface area contributed by atoms with Gasteiger partial charge >= 0.3 is 0 Å². The summed E-state index contributed by atoms with van der Waals surface area (Å²) in [7, 11) is 0. The van der Waals surface area contributed by atoms with E-state index in [1.807, 2.05) is 17.8 Å². The minimum atomic E-state index is 0.541. The minimum Gasteiger partial charge on any atom is -0.347 e. The van der Waals surface area contributed by atoms with Gasteiger partial charge in [-0.2, -0.15) is 0 Å². The summed E-state index contributed by atoms with van der Waals surface area (Å²) in [6.45, 7) is 0.962. The first-order valence-corrected chi connectivity index (χ1v) is 8.62. The molecule has 0 fully saturated rings. The zero-order valence-electron chi connectivity index (χ0n) is 11.2. The second-order valence-electron chi connectivity index (χ2n) is 5.33. The number of halogens is 2. The fourth-order valence-electron chi connectivity index (χ4n) is 3.00. The standard InChI is InChI=1S/C17H13Cl2NS/c18-12-7-15(19)14-5-6-20(16(14)8-12)9-11-10-21-17-4-2-1-3-13(11)17/h1-8,11H,9-10H2. The first-order chi connectivity index (χ1) is 10.2. The molecule has 1 aromatic heterocycles. The van der Waals surface area contributed by atoms with Crippen molar-refractivity contribution in [2.45, 2.75) is 17.4 Å². The van der Waals surface area contributed by atoms with Crippen LogP contribution in [0, 0.1) is 0 Å². The van der Waals surface area contributed by atoms with Gasteiger partial charge in [0.25, 0.3) is 0 Å². The van der Waals surface area contributed by atoms with Gasteiger partial charge in [-0.25, -0.2) is 0 Å². The molecule has 21 heavy (non-hydrogen) atoms. The van der Waals surface area contributed by atoms with E-state index in [4.69, 9.17) is 23.2 Å². The van der Waals surface area contributed by atoms with Crippen LogP contribution in [0.4, 0.5) is 0 Å². The van der Waals surface area contributed by atoms with Gasteiger partial charge in [-0.15, -0.1) is 11.8 Å². The van der Waals surface area contributed by atoms with Crippen molar-refractivity contribution in [3.05, 3.63) is 64.3 Å². The van der Waals surface area contributed by atoms with Gasteiger partial charge in [0.05, 0.1) is 10.5 Å². The molecule has 4 heteroatoms. The Morgan fingerprint density at radius 3 is 2.90 bits per heavy atom. The van der Waals surface area contributed by atoms with Crippen molar-refractivity contribution < 1.29 is 0 Å². The van der Waals surface area contributed by atoms with Gasteiger partial charge in [0.1, 0.15) is 0 Å². The van der Waals surface area contributed by atoms with E-state index in [-0.39, 0.29) is 0 Å². The summed E-state index contributed by atoms with van der Waals surface area (Å²) in [6, 6.07) is 14.6. The number of nitrogens with zero attached hydrogens (tertiary/aromatic N) is 1. The molecule has 4 rings (SSSR count). The van der Waals surface area contributed by atoms with Crippen molar-refractivity contribution in [3.8, 4) is 0 Å². The molecule has 0 amide bonds. The number of thioether (sulfide) groups is 1. The Kier molecular flexibility index (Phi) is 3.41. The fourth-order valence-corrected chi connectivity index (χ4v) is 4.78. The molecule has 0 saturated heterocycles. The van der Waals surface area contributed by atoms with Crippen molar-refractivity contribution in [2.75, 3.05) is 5.75 Å². The Morgan fingerprint density at radius 1 is 1.14 bits per heavy atom. The molecule has 1 aliphatic rings. The molecule has 2 aromatic carbocycles. The largest absolute Gasteiger partial charge is 0.347 e. The highest BCUT2D eigenvalue weighted by Gasteiger charge is 2.23. The summed E-state index contributed by atoms with van der Waals surface area (Å²) in [4.78, 5) is 1.41. The molecule has 0 spiro atoms. The number of rotatable bonds is 2. The van der Waals surface area contributed by atoms with E-state index in [2.05, 4.69) is 41.1 Å². The van der Waals surface area contributed by atoms with Crippen LogP contribution in [0.2, 0.25) is 10.0 Å².